The van der Waals surface area contributed by atoms with Crippen LogP contribution in [0.25, 0.3) is 0 Å². The van der Waals surface area contributed by atoms with Gasteiger partial charge in [0.05, 0.1) is 25.0 Å². The van der Waals surface area contributed by atoms with Crippen LogP contribution in [0.15, 0.2) is 12.2 Å². The van der Waals surface area contributed by atoms with Gasteiger partial charge in [0.25, 0.3) is 0 Å². The Hall–Kier alpha value is -1.32. The molecule has 0 aromatic heterocycles. The summed E-state index contributed by atoms with van der Waals surface area (Å²) in [6, 6.07) is 0. The van der Waals surface area contributed by atoms with Crippen molar-refractivity contribution in [2.75, 3.05) is 13.2 Å². The molecule has 0 saturated heterocycles. The molecule has 0 amide bonds. The van der Waals surface area contributed by atoms with Crippen LogP contribution < -0.4 is 0 Å². The standard InChI is InChI=1S/C23H38O4/c1-14(2)11-26-20(24)18-19(21(25)27-12-15(3)4)23(17(7)8)10-9-22(18,13-23)16(5)6/h9-10,14-19H,11-13H2,1-8H3. The van der Waals surface area contributed by atoms with Crippen LogP contribution in [-0.4, -0.2) is 25.2 Å². The van der Waals surface area contributed by atoms with E-state index < -0.39 is 11.8 Å². The number of carbonyl (C=O) groups excluding carboxylic acids is 2. The Morgan fingerprint density at radius 2 is 1.11 bits per heavy atom. The highest BCUT2D eigenvalue weighted by Gasteiger charge is 2.69. The largest absolute Gasteiger partial charge is 0.465 e. The van der Waals surface area contributed by atoms with Crippen LogP contribution in [0.2, 0.25) is 0 Å². The number of fused-ring (bicyclic) bond motifs is 2. The first-order chi connectivity index (χ1) is 12.5. The number of carbonyl (C=O) groups is 2. The van der Waals surface area contributed by atoms with Crippen LogP contribution in [0.4, 0.5) is 0 Å². The highest BCUT2D eigenvalue weighted by Crippen LogP contribution is 2.68. The number of esters is 2. The lowest BCUT2D eigenvalue weighted by atomic mass is 9.64. The molecule has 0 aliphatic heterocycles. The molecule has 0 spiro atoms. The molecule has 4 atom stereocenters. The maximum absolute atomic E-state index is 13.2. The highest BCUT2D eigenvalue weighted by molar-refractivity contribution is 5.86. The van der Waals surface area contributed by atoms with Crippen molar-refractivity contribution in [1.29, 1.82) is 0 Å². The van der Waals surface area contributed by atoms with E-state index in [1.807, 2.05) is 27.7 Å². The second-order valence-electron chi connectivity index (χ2n) is 10.0. The van der Waals surface area contributed by atoms with Gasteiger partial charge in [0.2, 0.25) is 0 Å². The van der Waals surface area contributed by atoms with Crippen molar-refractivity contribution in [2.45, 2.75) is 61.8 Å². The number of ether oxygens (including phenoxy) is 2. The van der Waals surface area contributed by atoms with Crippen molar-refractivity contribution in [3.63, 3.8) is 0 Å². The molecule has 1 saturated carbocycles. The fourth-order valence-electron chi connectivity index (χ4n) is 4.91. The van der Waals surface area contributed by atoms with Crippen LogP contribution in [0.3, 0.4) is 0 Å². The van der Waals surface area contributed by atoms with Crippen molar-refractivity contribution >= 4 is 11.9 Å². The topological polar surface area (TPSA) is 52.6 Å². The second-order valence-corrected chi connectivity index (χ2v) is 10.0. The fraction of sp³-hybridized carbons (Fsp3) is 0.826. The minimum Gasteiger partial charge on any atom is -0.465 e. The van der Waals surface area contributed by atoms with E-state index in [-0.39, 0.29) is 46.4 Å². The fourth-order valence-corrected chi connectivity index (χ4v) is 4.91. The number of rotatable bonds is 8. The van der Waals surface area contributed by atoms with Crippen LogP contribution in [-0.2, 0) is 19.1 Å². The van der Waals surface area contributed by atoms with Gasteiger partial charge in [0, 0.05) is 10.8 Å². The summed E-state index contributed by atoms with van der Waals surface area (Å²) in [5.74, 6) is -0.395. The summed E-state index contributed by atoms with van der Waals surface area (Å²) in [6.45, 7) is 17.4. The molecule has 2 aliphatic carbocycles. The molecular weight excluding hydrogens is 340 g/mol. The maximum Gasteiger partial charge on any atom is 0.310 e. The lowest BCUT2D eigenvalue weighted by Gasteiger charge is -2.39. The van der Waals surface area contributed by atoms with Gasteiger partial charge in [-0.05, 0) is 30.1 Å². The van der Waals surface area contributed by atoms with Gasteiger partial charge < -0.3 is 9.47 Å². The summed E-state index contributed by atoms with van der Waals surface area (Å²) in [5, 5.41) is 0. The Morgan fingerprint density at radius 1 is 0.778 bits per heavy atom. The molecule has 4 unspecified atom stereocenters. The van der Waals surface area contributed by atoms with Gasteiger partial charge >= 0.3 is 11.9 Å². The smallest absolute Gasteiger partial charge is 0.310 e. The molecule has 1 fully saturated rings. The maximum atomic E-state index is 13.2. The number of hydrogen-bond donors (Lipinski definition) is 0. The van der Waals surface area contributed by atoms with E-state index in [0.717, 1.165) is 6.42 Å². The van der Waals surface area contributed by atoms with E-state index in [0.29, 0.717) is 13.2 Å². The van der Waals surface area contributed by atoms with Gasteiger partial charge in [-0.25, -0.2) is 0 Å². The minimum atomic E-state index is -0.469. The summed E-state index contributed by atoms with van der Waals surface area (Å²) in [6.07, 6.45) is 5.22. The third-order valence-corrected chi connectivity index (χ3v) is 6.58. The Kier molecular flexibility index (Phi) is 6.48. The number of allylic oxidation sites excluding steroid dienone is 2. The molecule has 0 aromatic carbocycles. The zero-order valence-corrected chi connectivity index (χ0v) is 18.4. The summed E-state index contributed by atoms with van der Waals surface area (Å²) >= 11 is 0. The molecule has 27 heavy (non-hydrogen) atoms. The SMILES string of the molecule is CC(C)COC(=O)C1C(C(=O)OCC(C)C)C2(C(C)C)C=CC1(C(C)C)C2. The zero-order valence-electron chi connectivity index (χ0n) is 18.4. The molecular formula is C23H38O4. The lowest BCUT2D eigenvalue weighted by Crippen LogP contribution is -2.46. The molecule has 0 N–H and O–H groups in total. The average molecular weight is 379 g/mol. The normalized spacial score (nSPS) is 32.1. The Balaban J connectivity index is 2.44. The third kappa shape index (κ3) is 3.82. The van der Waals surface area contributed by atoms with Crippen LogP contribution >= 0.6 is 0 Å². The summed E-state index contributed by atoms with van der Waals surface area (Å²) in [4.78, 5) is 26.4. The molecule has 0 radical (unpaired) electrons. The van der Waals surface area contributed by atoms with E-state index in [2.05, 4.69) is 39.8 Å². The summed E-state index contributed by atoms with van der Waals surface area (Å²) < 4.78 is 11.3. The van der Waals surface area contributed by atoms with Crippen molar-refractivity contribution in [2.24, 2.45) is 46.3 Å². The van der Waals surface area contributed by atoms with Gasteiger partial charge in [-0.3, -0.25) is 9.59 Å². The van der Waals surface area contributed by atoms with Crippen molar-refractivity contribution in [3.8, 4) is 0 Å². The molecule has 4 nitrogen and oxygen atoms in total. The second kappa shape index (κ2) is 7.97. The molecule has 2 rings (SSSR count). The molecule has 2 bridgehead atoms. The van der Waals surface area contributed by atoms with Gasteiger partial charge in [-0.2, -0.15) is 0 Å². The molecule has 0 heterocycles. The molecule has 4 heteroatoms. The summed E-state index contributed by atoms with van der Waals surface area (Å²) in [7, 11) is 0. The van der Waals surface area contributed by atoms with Crippen molar-refractivity contribution in [3.05, 3.63) is 12.2 Å². The first-order valence-electron chi connectivity index (χ1n) is 10.5. The molecule has 0 aromatic rings. The van der Waals surface area contributed by atoms with E-state index in [1.165, 1.54) is 0 Å². The third-order valence-electron chi connectivity index (χ3n) is 6.58. The Bertz CT molecular complexity index is 539. The monoisotopic (exact) mass is 378 g/mol. The first-order valence-corrected chi connectivity index (χ1v) is 10.5. The van der Waals surface area contributed by atoms with Gasteiger partial charge in [-0.1, -0.05) is 67.5 Å². The first kappa shape index (κ1) is 22.0. The summed E-state index contributed by atoms with van der Waals surface area (Å²) in [5.41, 5.74) is -0.667. The van der Waals surface area contributed by atoms with E-state index in [4.69, 9.17) is 9.47 Å². The Labute approximate surface area is 165 Å². The van der Waals surface area contributed by atoms with Crippen LogP contribution in [0.5, 0.6) is 0 Å². The predicted molar refractivity (Wildman–Crippen MR) is 107 cm³/mol. The van der Waals surface area contributed by atoms with Gasteiger partial charge in [-0.15, -0.1) is 0 Å². The highest BCUT2D eigenvalue weighted by atomic mass is 16.5. The lowest BCUT2D eigenvalue weighted by molar-refractivity contribution is -0.167. The predicted octanol–water partition coefficient (Wildman–Crippen LogP) is 4.88. The van der Waals surface area contributed by atoms with Gasteiger partial charge in [0.15, 0.2) is 0 Å². The van der Waals surface area contributed by atoms with Crippen LogP contribution in [0.1, 0.15) is 61.8 Å². The van der Waals surface area contributed by atoms with E-state index in [1.54, 1.807) is 0 Å². The Morgan fingerprint density at radius 3 is 1.37 bits per heavy atom. The molecule has 154 valence electrons. The van der Waals surface area contributed by atoms with Crippen LogP contribution in [0, 0.1) is 46.3 Å². The van der Waals surface area contributed by atoms with E-state index >= 15 is 0 Å². The minimum absolute atomic E-state index is 0.240. The van der Waals surface area contributed by atoms with Crippen molar-refractivity contribution in [1.82, 2.24) is 0 Å². The van der Waals surface area contributed by atoms with Gasteiger partial charge in [0.1, 0.15) is 0 Å². The zero-order chi connectivity index (χ0) is 20.6. The molecule has 2 aliphatic rings. The quantitative estimate of drug-likeness (QED) is 0.446. The average Bonchev–Trinajstić information content (AvgIpc) is 3.12. The van der Waals surface area contributed by atoms with Crippen molar-refractivity contribution < 1.29 is 19.1 Å². The van der Waals surface area contributed by atoms with E-state index in [9.17, 15) is 9.59 Å². The number of hydrogen-bond acceptors (Lipinski definition) is 4.